The maximum absolute atomic E-state index is 9.24. The van der Waals surface area contributed by atoms with Gasteiger partial charge in [0, 0.05) is 17.8 Å². The van der Waals surface area contributed by atoms with Crippen LogP contribution in [0.4, 0.5) is 5.82 Å². The number of hydrogen-bond donors (Lipinski definition) is 0. The molecule has 3 rings (SSSR count). The minimum atomic E-state index is 0.272. The summed E-state index contributed by atoms with van der Waals surface area (Å²) in [6.45, 7) is 0.930. The van der Waals surface area contributed by atoms with Gasteiger partial charge in [0.2, 0.25) is 0 Å². The van der Waals surface area contributed by atoms with Gasteiger partial charge in [-0.25, -0.2) is 4.98 Å². The number of aromatic nitrogens is 1. The minimum absolute atomic E-state index is 0.272. The molecule has 1 aromatic heterocycles. The summed E-state index contributed by atoms with van der Waals surface area (Å²) in [6, 6.07) is 14.1. The second kappa shape index (κ2) is 5.52. The van der Waals surface area contributed by atoms with Gasteiger partial charge in [0.1, 0.15) is 11.9 Å². The van der Waals surface area contributed by atoms with E-state index in [0.717, 1.165) is 30.2 Å². The van der Waals surface area contributed by atoms with Crippen LogP contribution in [0.2, 0.25) is 5.02 Å². The van der Waals surface area contributed by atoms with Crippen LogP contribution in [0.25, 0.3) is 0 Å². The number of anilines is 1. The van der Waals surface area contributed by atoms with Gasteiger partial charge in [-0.15, -0.1) is 0 Å². The zero-order valence-corrected chi connectivity index (χ0v) is 11.7. The molecule has 0 aliphatic carbocycles. The molecule has 20 heavy (non-hydrogen) atoms. The van der Waals surface area contributed by atoms with E-state index in [2.05, 4.69) is 28.1 Å². The molecule has 100 valence electrons. The van der Waals surface area contributed by atoms with E-state index in [9.17, 15) is 5.26 Å². The topological polar surface area (TPSA) is 39.9 Å². The molecule has 1 aliphatic heterocycles. The predicted octanol–water partition coefficient (Wildman–Crippen LogP) is 3.95. The summed E-state index contributed by atoms with van der Waals surface area (Å²) >= 11 is 5.95. The summed E-state index contributed by atoms with van der Waals surface area (Å²) in [5.41, 5.74) is 1.86. The highest BCUT2D eigenvalue weighted by Gasteiger charge is 2.28. The second-order valence-corrected chi connectivity index (χ2v) is 5.33. The van der Waals surface area contributed by atoms with E-state index in [1.165, 1.54) is 5.56 Å². The van der Waals surface area contributed by atoms with Crippen LogP contribution in [0, 0.1) is 11.3 Å². The molecule has 1 aromatic carbocycles. The van der Waals surface area contributed by atoms with Crippen LogP contribution < -0.4 is 4.90 Å². The van der Waals surface area contributed by atoms with Gasteiger partial charge in [0.25, 0.3) is 0 Å². The first-order valence-electron chi connectivity index (χ1n) is 6.67. The predicted molar refractivity (Wildman–Crippen MR) is 79.7 cm³/mol. The Balaban J connectivity index is 1.97. The molecule has 0 spiro atoms. The van der Waals surface area contributed by atoms with Gasteiger partial charge in [-0.1, -0.05) is 23.7 Å². The van der Waals surface area contributed by atoms with Gasteiger partial charge in [0.05, 0.1) is 11.6 Å². The summed E-state index contributed by atoms with van der Waals surface area (Å²) in [6.07, 6.45) is 3.92. The molecule has 1 saturated heterocycles. The Labute approximate surface area is 123 Å². The van der Waals surface area contributed by atoms with Crippen molar-refractivity contribution in [1.82, 2.24) is 4.98 Å². The van der Waals surface area contributed by atoms with Crippen molar-refractivity contribution in [3.8, 4) is 6.07 Å². The largest absolute Gasteiger partial charge is 0.348 e. The van der Waals surface area contributed by atoms with Gasteiger partial charge in [-0.2, -0.15) is 5.26 Å². The van der Waals surface area contributed by atoms with Gasteiger partial charge in [0.15, 0.2) is 0 Å². The first-order chi connectivity index (χ1) is 9.79. The van der Waals surface area contributed by atoms with Crippen molar-refractivity contribution in [2.75, 3.05) is 11.4 Å². The molecule has 0 amide bonds. The lowest BCUT2D eigenvalue weighted by molar-refractivity contribution is 0.711. The summed E-state index contributed by atoms with van der Waals surface area (Å²) in [5, 5.41) is 9.98. The van der Waals surface area contributed by atoms with E-state index in [-0.39, 0.29) is 6.04 Å². The zero-order valence-electron chi connectivity index (χ0n) is 11.0. The molecule has 0 radical (unpaired) electrons. The number of nitrogens with zero attached hydrogens (tertiary/aromatic N) is 3. The molecule has 1 fully saturated rings. The summed E-state index contributed by atoms with van der Waals surface area (Å²) in [7, 11) is 0. The number of hydrogen-bond acceptors (Lipinski definition) is 3. The standard InChI is InChI=1S/C16H14ClN3/c17-14-7-5-12(6-8-14)15-4-2-10-20(15)16-13(11-18)3-1-9-19-16/h1,3,5-9,15H,2,4,10H2/t15-/m1/s1. The fraction of sp³-hybridized carbons (Fsp3) is 0.250. The second-order valence-electron chi connectivity index (χ2n) is 4.89. The third-order valence-corrected chi connectivity index (χ3v) is 3.94. The Morgan fingerprint density at radius 1 is 1.25 bits per heavy atom. The lowest BCUT2D eigenvalue weighted by atomic mass is 10.0. The molecule has 0 saturated carbocycles. The first-order valence-corrected chi connectivity index (χ1v) is 7.04. The summed E-state index contributed by atoms with van der Waals surface area (Å²) in [4.78, 5) is 6.63. The van der Waals surface area contributed by atoms with Crippen LogP contribution >= 0.6 is 11.6 Å². The van der Waals surface area contributed by atoms with Crippen LogP contribution in [0.3, 0.4) is 0 Å². The number of pyridine rings is 1. The quantitative estimate of drug-likeness (QED) is 0.838. The van der Waals surface area contributed by atoms with E-state index in [1.807, 2.05) is 18.2 Å². The first kappa shape index (κ1) is 13.0. The third kappa shape index (κ3) is 2.35. The number of benzene rings is 1. The molecule has 1 aliphatic rings. The number of rotatable bonds is 2. The average molecular weight is 284 g/mol. The molecule has 3 nitrogen and oxygen atoms in total. The molecular formula is C16H14ClN3. The van der Waals surface area contributed by atoms with Crippen LogP contribution in [0.1, 0.15) is 30.0 Å². The molecular weight excluding hydrogens is 270 g/mol. The van der Waals surface area contributed by atoms with Gasteiger partial charge >= 0.3 is 0 Å². The van der Waals surface area contributed by atoms with Gasteiger partial charge in [-0.05, 0) is 42.7 Å². The Kier molecular flexibility index (Phi) is 3.58. The van der Waals surface area contributed by atoms with Crippen molar-refractivity contribution in [2.45, 2.75) is 18.9 Å². The highest BCUT2D eigenvalue weighted by molar-refractivity contribution is 6.30. The highest BCUT2D eigenvalue weighted by Crippen LogP contribution is 2.36. The highest BCUT2D eigenvalue weighted by atomic mass is 35.5. The normalized spacial score (nSPS) is 18.0. The van der Waals surface area contributed by atoms with Gasteiger partial charge in [-0.3, -0.25) is 0 Å². The van der Waals surface area contributed by atoms with Gasteiger partial charge < -0.3 is 4.90 Å². The van der Waals surface area contributed by atoms with E-state index < -0.39 is 0 Å². The Morgan fingerprint density at radius 3 is 2.80 bits per heavy atom. The number of halogens is 1. The van der Waals surface area contributed by atoms with Crippen molar-refractivity contribution in [2.24, 2.45) is 0 Å². The lowest BCUT2D eigenvalue weighted by Gasteiger charge is -2.26. The SMILES string of the molecule is N#Cc1cccnc1N1CCC[C@@H]1c1ccc(Cl)cc1. The third-order valence-electron chi connectivity index (χ3n) is 3.69. The average Bonchev–Trinajstić information content (AvgIpc) is 2.97. The monoisotopic (exact) mass is 283 g/mol. The molecule has 2 heterocycles. The van der Waals surface area contributed by atoms with Crippen LogP contribution in [-0.2, 0) is 0 Å². The van der Waals surface area contributed by atoms with Crippen LogP contribution in [0.5, 0.6) is 0 Å². The van der Waals surface area contributed by atoms with Crippen molar-refractivity contribution in [3.05, 3.63) is 58.7 Å². The summed E-state index contributed by atoms with van der Waals surface area (Å²) < 4.78 is 0. The van der Waals surface area contributed by atoms with Crippen LogP contribution in [-0.4, -0.2) is 11.5 Å². The van der Waals surface area contributed by atoms with Crippen molar-refractivity contribution >= 4 is 17.4 Å². The molecule has 1 atom stereocenters. The lowest BCUT2D eigenvalue weighted by Crippen LogP contribution is -2.24. The smallest absolute Gasteiger partial charge is 0.146 e. The van der Waals surface area contributed by atoms with E-state index in [1.54, 1.807) is 12.3 Å². The Hall–Kier alpha value is -2.05. The number of nitriles is 1. The molecule has 2 aromatic rings. The summed E-state index contributed by atoms with van der Waals surface area (Å²) in [5.74, 6) is 0.785. The van der Waals surface area contributed by atoms with Crippen molar-refractivity contribution in [3.63, 3.8) is 0 Å². The van der Waals surface area contributed by atoms with Crippen LogP contribution in [0.15, 0.2) is 42.6 Å². The van der Waals surface area contributed by atoms with E-state index in [4.69, 9.17) is 11.6 Å². The zero-order chi connectivity index (χ0) is 13.9. The molecule has 4 heteroatoms. The molecule has 0 bridgehead atoms. The van der Waals surface area contributed by atoms with Crippen molar-refractivity contribution in [1.29, 1.82) is 5.26 Å². The Morgan fingerprint density at radius 2 is 2.05 bits per heavy atom. The minimum Gasteiger partial charge on any atom is -0.348 e. The fourth-order valence-corrected chi connectivity index (χ4v) is 2.89. The maximum atomic E-state index is 9.24. The Bertz CT molecular complexity index is 646. The van der Waals surface area contributed by atoms with E-state index >= 15 is 0 Å². The molecule has 0 unspecified atom stereocenters. The van der Waals surface area contributed by atoms with E-state index in [0.29, 0.717) is 5.56 Å². The fourth-order valence-electron chi connectivity index (χ4n) is 2.76. The maximum Gasteiger partial charge on any atom is 0.146 e. The molecule has 0 N–H and O–H groups in total. The van der Waals surface area contributed by atoms with Crippen molar-refractivity contribution < 1.29 is 0 Å².